The second kappa shape index (κ2) is 6.60. The molecule has 8 heteroatoms. The monoisotopic (exact) mass is 333 g/mol. The van der Waals surface area contributed by atoms with Gasteiger partial charge in [-0.15, -0.1) is 0 Å². The summed E-state index contributed by atoms with van der Waals surface area (Å²) >= 11 is -0.251. The molecule has 1 amide bonds. The summed E-state index contributed by atoms with van der Waals surface area (Å²) in [5, 5.41) is 11.7. The van der Waals surface area contributed by atoms with Gasteiger partial charge in [0.1, 0.15) is 0 Å². The van der Waals surface area contributed by atoms with Gasteiger partial charge in [0.25, 0.3) is 5.91 Å². The van der Waals surface area contributed by atoms with Crippen molar-refractivity contribution < 1.29 is 27.9 Å². The summed E-state index contributed by atoms with van der Waals surface area (Å²) in [6.07, 6.45) is 1.83. The van der Waals surface area contributed by atoms with Gasteiger partial charge in [0, 0.05) is 16.5 Å². The van der Waals surface area contributed by atoms with E-state index < -0.39 is 29.3 Å². The molecule has 120 valence electrons. The van der Waals surface area contributed by atoms with Crippen molar-refractivity contribution >= 4 is 23.6 Å². The molecule has 0 unspecified atom stereocenters. The lowest BCUT2D eigenvalue weighted by molar-refractivity contribution is -0.142. The maximum atomic E-state index is 12.2. The summed E-state index contributed by atoms with van der Waals surface area (Å²) in [5.74, 6) is -2.02. The molecule has 0 aromatic heterocycles. The Bertz CT molecular complexity index is 559. The molecule has 4 nitrogen and oxygen atoms in total. The van der Waals surface area contributed by atoms with Crippen LogP contribution in [-0.2, 0) is 4.79 Å². The number of thioether (sulfide) groups is 1. The lowest BCUT2D eigenvalue weighted by Gasteiger charge is -2.17. The number of halogens is 3. The van der Waals surface area contributed by atoms with Gasteiger partial charge in [0.05, 0.1) is 5.92 Å². The summed E-state index contributed by atoms with van der Waals surface area (Å²) < 4.78 is 36.7. The van der Waals surface area contributed by atoms with E-state index in [1.54, 1.807) is 0 Å². The average molecular weight is 333 g/mol. The third kappa shape index (κ3) is 4.40. The molecule has 0 aliphatic heterocycles. The quantitative estimate of drug-likeness (QED) is 0.830. The van der Waals surface area contributed by atoms with Crippen molar-refractivity contribution in [3.8, 4) is 0 Å². The Labute approximate surface area is 129 Å². The van der Waals surface area contributed by atoms with Crippen LogP contribution in [0, 0.1) is 5.92 Å². The summed E-state index contributed by atoms with van der Waals surface area (Å²) in [5.41, 5.74) is -4.16. The molecule has 1 aromatic carbocycles. The molecular formula is C14H14F3NO3S. The number of rotatable bonds is 4. The van der Waals surface area contributed by atoms with E-state index in [0.29, 0.717) is 12.8 Å². The molecule has 0 heterocycles. The van der Waals surface area contributed by atoms with Crippen LogP contribution in [-0.4, -0.2) is 28.5 Å². The van der Waals surface area contributed by atoms with Crippen molar-refractivity contribution in [1.29, 1.82) is 0 Å². The van der Waals surface area contributed by atoms with Gasteiger partial charge in [0.15, 0.2) is 0 Å². The first kappa shape index (κ1) is 16.7. The third-order valence-electron chi connectivity index (χ3n) is 3.50. The van der Waals surface area contributed by atoms with Crippen LogP contribution in [0.15, 0.2) is 29.2 Å². The highest BCUT2D eigenvalue weighted by molar-refractivity contribution is 8.00. The normalized spacial score (nSPS) is 21.6. The third-order valence-corrected chi connectivity index (χ3v) is 4.24. The molecule has 1 saturated carbocycles. The number of amides is 1. The number of hydrogen-bond donors (Lipinski definition) is 2. The zero-order valence-electron chi connectivity index (χ0n) is 11.4. The molecule has 0 spiro atoms. The van der Waals surface area contributed by atoms with Gasteiger partial charge in [-0.05, 0) is 48.9 Å². The fourth-order valence-electron chi connectivity index (χ4n) is 2.49. The van der Waals surface area contributed by atoms with Crippen LogP contribution in [0.4, 0.5) is 13.2 Å². The largest absolute Gasteiger partial charge is 0.481 e. The maximum Gasteiger partial charge on any atom is 0.446 e. The van der Waals surface area contributed by atoms with E-state index in [4.69, 9.17) is 5.11 Å². The van der Waals surface area contributed by atoms with Crippen molar-refractivity contribution in [2.45, 2.75) is 35.7 Å². The number of nitrogens with one attached hydrogen (secondary N) is 1. The molecule has 1 aromatic rings. The summed E-state index contributed by atoms with van der Waals surface area (Å²) in [7, 11) is 0. The second-order valence-corrected chi connectivity index (χ2v) is 6.17. The first-order valence-corrected chi connectivity index (χ1v) is 7.47. The standard InChI is InChI=1S/C14H14F3NO3S/c15-14(16,17)22-9-6-4-8(5-7-9)12(19)18-11-3-1-2-10(11)13(20)21/h4-7,10-11H,1-3H2,(H,18,19)(H,20,21)/t10-,11+/m1/s1. The minimum Gasteiger partial charge on any atom is -0.481 e. The van der Waals surface area contributed by atoms with Gasteiger partial charge in [-0.1, -0.05) is 6.42 Å². The van der Waals surface area contributed by atoms with Crippen LogP contribution in [0.3, 0.4) is 0 Å². The minimum absolute atomic E-state index is 0.00618. The van der Waals surface area contributed by atoms with Crippen molar-refractivity contribution in [2.75, 3.05) is 0 Å². The average Bonchev–Trinajstić information content (AvgIpc) is 2.86. The summed E-state index contributed by atoms with van der Waals surface area (Å²) in [6, 6.07) is 4.60. The Morgan fingerprint density at radius 3 is 2.36 bits per heavy atom. The molecule has 0 radical (unpaired) electrons. The number of alkyl halides is 3. The van der Waals surface area contributed by atoms with Gasteiger partial charge in [-0.25, -0.2) is 0 Å². The smallest absolute Gasteiger partial charge is 0.446 e. The first-order valence-electron chi connectivity index (χ1n) is 6.66. The highest BCUT2D eigenvalue weighted by atomic mass is 32.2. The Balaban J connectivity index is 1.99. The molecular weight excluding hydrogens is 319 g/mol. The van der Waals surface area contributed by atoms with Crippen molar-refractivity contribution in [3.63, 3.8) is 0 Å². The van der Waals surface area contributed by atoms with Crippen molar-refractivity contribution in [2.24, 2.45) is 5.92 Å². The number of carbonyl (C=O) groups excluding carboxylic acids is 1. The van der Waals surface area contributed by atoms with Gasteiger partial charge in [-0.2, -0.15) is 13.2 Å². The molecule has 0 bridgehead atoms. The molecule has 2 N–H and O–H groups in total. The highest BCUT2D eigenvalue weighted by Crippen LogP contribution is 2.36. The van der Waals surface area contributed by atoms with Crippen molar-refractivity contribution in [3.05, 3.63) is 29.8 Å². The number of carboxylic acid groups (broad SMARTS) is 1. The maximum absolute atomic E-state index is 12.2. The zero-order valence-corrected chi connectivity index (χ0v) is 12.2. The molecule has 2 rings (SSSR count). The highest BCUT2D eigenvalue weighted by Gasteiger charge is 2.34. The second-order valence-electron chi connectivity index (χ2n) is 5.03. The van der Waals surface area contributed by atoms with Crippen LogP contribution in [0.25, 0.3) is 0 Å². The Kier molecular flexibility index (Phi) is 5.00. The molecule has 1 aliphatic rings. The minimum atomic E-state index is -4.37. The van der Waals surface area contributed by atoms with E-state index >= 15 is 0 Å². The van der Waals surface area contributed by atoms with E-state index in [1.807, 2.05) is 0 Å². The lowest BCUT2D eigenvalue weighted by Crippen LogP contribution is -2.40. The van der Waals surface area contributed by atoms with Crippen LogP contribution >= 0.6 is 11.8 Å². The molecule has 0 saturated heterocycles. The Morgan fingerprint density at radius 1 is 1.18 bits per heavy atom. The Hall–Kier alpha value is -1.70. The van der Waals surface area contributed by atoms with Crippen LogP contribution in [0.5, 0.6) is 0 Å². The lowest BCUT2D eigenvalue weighted by atomic mass is 10.0. The predicted molar refractivity (Wildman–Crippen MR) is 74.6 cm³/mol. The van der Waals surface area contributed by atoms with Crippen LogP contribution < -0.4 is 5.32 Å². The molecule has 1 aliphatic carbocycles. The number of aliphatic carboxylic acids is 1. The number of hydrogen-bond acceptors (Lipinski definition) is 3. The van der Waals surface area contributed by atoms with Gasteiger partial charge < -0.3 is 10.4 Å². The van der Waals surface area contributed by atoms with Crippen molar-refractivity contribution in [1.82, 2.24) is 5.32 Å². The zero-order chi connectivity index (χ0) is 16.3. The molecule has 1 fully saturated rings. The van der Waals surface area contributed by atoms with E-state index in [0.717, 1.165) is 6.42 Å². The first-order chi connectivity index (χ1) is 10.3. The fourth-order valence-corrected chi connectivity index (χ4v) is 3.03. The predicted octanol–water partition coefficient (Wildman–Crippen LogP) is 3.28. The fraction of sp³-hybridized carbons (Fsp3) is 0.429. The van der Waals surface area contributed by atoms with E-state index in [1.165, 1.54) is 24.3 Å². The van der Waals surface area contributed by atoms with E-state index in [2.05, 4.69) is 5.32 Å². The van der Waals surface area contributed by atoms with Gasteiger partial charge >= 0.3 is 11.5 Å². The van der Waals surface area contributed by atoms with E-state index in [9.17, 15) is 22.8 Å². The van der Waals surface area contributed by atoms with Crippen LogP contribution in [0.1, 0.15) is 29.6 Å². The number of carbonyl (C=O) groups is 2. The molecule has 2 atom stereocenters. The topological polar surface area (TPSA) is 66.4 Å². The Morgan fingerprint density at radius 2 is 1.82 bits per heavy atom. The summed E-state index contributed by atoms with van der Waals surface area (Å²) in [4.78, 5) is 23.1. The summed E-state index contributed by atoms with van der Waals surface area (Å²) in [6.45, 7) is 0. The van der Waals surface area contributed by atoms with Crippen LogP contribution in [0.2, 0.25) is 0 Å². The van der Waals surface area contributed by atoms with Gasteiger partial charge in [0.2, 0.25) is 0 Å². The number of benzene rings is 1. The van der Waals surface area contributed by atoms with Gasteiger partial charge in [-0.3, -0.25) is 9.59 Å². The SMILES string of the molecule is O=C(N[C@H]1CCC[C@H]1C(=O)O)c1ccc(SC(F)(F)F)cc1. The number of carboxylic acids is 1. The molecule has 22 heavy (non-hydrogen) atoms. The van der Waals surface area contributed by atoms with E-state index in [-0.39, 0.29) is 22.2 Å².